The van der Waals surface area contributed by atoms with Crippen molar-refractivity contribution in [3.63, 3.8) is 0 Å². The number of anilines is 2. The number of pyridine rings is 2. The topological polar surface area (TPSA) is 96.1 Å². The third-order valence-electron chi connectivity index (χ3n) is 5.37. The molecule has 3 aromatic heterocycles. The lowest BCUT2D eigenvalue weighted by Gasteiger charge is -2.32. The summed E-state index contributed by atoms with van der Waals surface area (Å²) in [5.74, 6) is 1.37. The SMILES string of the molecule is Cc1cc(Nc2cc(C)c(F)cn2)nc(-n2cnc([C@]3(O)CC[C@H](O)CC3)c2)c1. The van der Waals surface area contributed by atoms with Gasteiger partial charge in [-0.05, 0) is 68.9 Å². The number of nitrogens with one attached hydrogen (secondary N) is 1. The third kappa shape index (κ3) is 4.13. The summed E-state index contributed by atoms with van der Waals surface area (Å²) in [4.78, 5) is 13.0. The minimum atomic E-state index is -1.02. The fourth-order valence-corrected chi connectivity index (χ4v) is 3.61. The molecule has 8 heteroatoms. The monoisotopic (exact) mass is 397 g/mol. The Morgan fingerprint density at radius 2 is 1.90 bits per heavy atom. The molecule has 152 valence electrons. The molecular formula is C21H24FN5O2. The molecule has 0 radical (unpaired) electrons. The minimum absolute atomic E-state index is 0.354. The first kappa shape index (κ1) is 19.5. The van der Waals surface area contributed by atoms with Gasteiger partial charge in [0.05, 0.1) is 18.0 Å². The summed E-state index contributed by atoms with van der Waals surface area (Å²) in [5.41, 5.74) is 1.04. The molecule has 0 atom stereocenters. The van der Waals surface area contributed by atoms with Gasteiger partial charge < -0.3 is 15.5 Å². The molecule has 1 fully saturated rings. The van der Waals surface area contributed by atoms with Crippen LogP contribution >= 0.6 is 0 Å². The van der Waals surface area contributed by atoms with E-state index in [9.17, 15) is 14.6 Å². The van der Waals surface area contributed by atoms with Crippen LogP contribution in [-0.4, -0.2) is 35.8 Å². The highest BCUT2D eigenvalue weighted by atomic mass is 19.1. The van der Waals surface area contributed by atoms with Crippen LogP contribution in [-0.2, 0) is 5.60 Å². The summed E-state index contributed by atoms with van der Waals surface area (Å²) < 4.78 is 15.2. The Labute approximate surface area is 168 Å². The van der Waals surface area contributed by atoms with E-state index in [0.29, 0.717) is 54.4 Å². The molecule has 7 nitrogen and oxygen atoms in total. The zero-order valence-corrected chi connectivity index (χ0v) is 16.4. The van der Waals surface area contributed by atoms with Crippen LogP contribution in [0.25, 0.3) is 5.82 Å². The first-order chi connectivity index (χ1) is 13.8. The number of imidazole rings is 1. The van der Waals surface area contributed by atoms with Crippen molar-refractivity contribution in [3.05, 3.63) is 59.6 Å². The van der Waals surface area contributed by atoms with Gasteiger partial charge in [-0.1, -0.05) is 0 Å². The van der Waals surface area contributed by atoms with Crippen molar-refractivity contribution >= 4 is 11.6 Å². The minimum Gasteiger partial charge on any atom is -0.393 e. The van der Waals surface area contributed by atoms with E-state index in [-0.39, 0.29) is 11.9 Å². The highest BCUT2D eigenvalue weighted by Gasteiger charge is 2.36. The Balaban J connectivity index is 1.59. The quantitative estimate of drug-likeness (QED) is 0.625. The summed E-state index contributed by atoms with van der Waals surface area (Å²) >= 11 is 0. The molecule has 0 spiro atoms. The molecule has 0 saturated heterocycles. The zero-order chi connectivity index (χ0) is 20.6. The fraction of sp³-hybridized carbons (Fsp3) is 0.381. The van der Waals surface area contributed by atoms with Crippen LogP contribution in [0.15, 0.2) is 36.9 Å². The predicted octanol–water partition coefficient (Wildman–Crippen LogP) is 3.28. The second-order valence-corrected chi connectivity index (χ2v) is 7.76. The van der Waals surface area contributed by atoms with Crippen LogP contribution in [0.3, 0.4) is 0 Å². The van der Waals surface area contributed by atoms with Crippen molar-refractivity contribution in [3.8, 4) is 5.82 Å². The maximum Gasteiger partial charge on any atom is 0.144 e. The van der Waals surface area contributed by atoms with Crippen molar-refractivity contribution in [2.75, 3.05) is 5.32 Å². The Hall–Kier alpha value is -2.84. The standard InChI is InChI=1S/C21H24FN5O2/c1-13-7-19(25-18-9-14(2)16(22)10-23-18)26-20(8-13)27-11-17(24-12-27)21(29)5-3-15(28)4-6-21/h7-12,15,28-29H,3-6H2,1-2H3,(H,23,25,26)/t15-,21-. The summed E-state index contributed by atoms with van der Waals surface area (Å²) in [6, 6.07) is 5.41. The van der Waals surface area contributed by atoms with Gasteiger partial charge in [0.1, 0.15) is 35.2 Å². The summed E-state index contributed by atoms with van der Waals surface area (Å²) in [6.07, 6.45) is 6.32. The molecule has 1 aliphatic carbocycles. The molecule has 1 aliphatic rings. The normalized spacial score (nSPS) is 21.9. The van der Waals surface area contributed by atoms with Gasteiger partial charge in [0.25, 0.3) is 0 Å². The van der Waals surface area contributed by atoms with Crippen LogP contribution < -0.4 is 5.32 Å². The van der Waals surface area contributed by atoms with E-state index in [1.165, 1.54) is 6.20 Å². The molecule has 1 saturated carbocycles. The molecule has 4 rings (SSSR count). The Bertz CT molecular complexity index is 1030. The Morgan fingerprint density at radius 1 is 1.14 bits per heavy atom. The van der Waals surface area contributed by atoms with Gasteiger partial charge in [0.2, 0.25) is 0 Å². The second kappa shape index (κ2) is 7.53. The lowest BCUT2D eigenvalue weighted by Crippen LogP contribution is -2.33. The zero-order valence-electron chi connectivity index (χ0n) is 16.4. The first-order valence-electron chi connectivity index (χ1n) is 9.65. The smallest absolute Gasteiger partial charge is 0.144 e. The molecule has 3 aromatic rings. The van der Waals surface area contributed by atoms with Gasteiger partial charge in [0.15, 0.2) is 0 Å². The molecule has 0 amide bonds. The Kier molecular flexibility index (Phi) is 5.06. The number of hydrogen-bond acceptors (Lipinski definition) is 6. The molecule has 0 unspecified atom stereocenters. The molecule has 0 bridgehead atoms. The summed E-state index contributed by atoms with van der Waals surface area (Å²) in [6.45, 7) is 3.63. The maximum absolute atomic E-state index is 13.4. The van der Waals surface area contributed by atoms with Gasteiger partial charge in [0, 0.05) is 6.20 Å². The van der Waals surface area contributed by atoms with Crippen molar-refractivity contribution in [1.82, 2.24) is 19.5 Å². The van der Waals surface area contributed by atoms with E-state index in [2.05, 4.69) is 20.3 Å². The van der Waals surface area contributed by atoms with Crippen molar-refractivity contribution in [1.29, 1.82) is 0 Å². The van der Waals surface area contributed by atoms with Gasteiger partial charge in [-0.25, -0.2) is 19.3 Å². The van der Waals surface area contributed by atoms with E-state index in [1.54, 1.807) is 30.1 Å². The number of hydrogen-bond donors (Lipinski definition) is 3. The summed E-state index contributed by atoms with van der Waals surface area (Å²) in [7, 11) is 0. The van der Waals surface area contributed by atoms with Crippen LogP contribution in [0.1, 0.15) is 42.5 Å². The van der Waals surface area contributed by atoms with Crippen molar-refractivity contribution in [2.24, 2.45) is 0 Å². The van der Waals surface area contributed by atoms with Crippen LogP contribution in [0.5, 0.6) is 0 Å². The van der Waals surface area contributed by atoms with Crippen LogP contribution in [0.2, 0.25) is 0 Å². The lowest BCUT2D eigenvalue weighted by atomic mass is 9.81. The molecule has 29 heavy (non-hydrogen) atoms. The average molecular weight is 397 g/mol. The van der Waals surface area contributed by atoms with E-state index in [1.807, 2.05) is 19.1 Å². The predicted molar refractivity (Wildman–Crippen MR) is 107 cm³/mol. The van der Waals surface area contributed by atoms with E-state index >= 15 is 0 Å². The van der Waals surface area contributed by atoms with Crippen molar-refractivity contribution in [2.45, 2.75) is 51.2 Å². The first-order valence-corrected chi connectivity index (χ1v) is 9.65. The number of aromatic nitrogens is 4. The number of rotatable bonds is 4. The highest BCUT2D eigenvalue weighted by Crippen LogP contribution is 2.36. The number of nitrogens with zero attached hydrogens (tertiary/aromatic N) is 4. The summed E-state index contributed by atoms with van der Waals surface area (Å²) in [5, 5.41) is 23.7. The molecule has 0 aliphatic heterocycles. The molecular weight excluding hydrogens is 373 g/mol. The van der Waals surface area contributed by atoms with Gasteiger partial charge in [-0.3, -0.25) is 4.57 Å². The Morgan fingerprint density at radius 3 is 2.62 bits per heavy atom. The molecule has 3 N–H and O–H groups in total. The second-order valence-electron chi connectivity index (χ2n) is 7.76. The van der Waals surface area contributed by atoms with Gasteiger partial charge in [-0.2, -0.15) is 0 Å². The average Bonchev–Trinajstić information content (AvgIpc) is 3.18. The third-order valence-corrected chi connectivity index (χ3v) is 5.37. The number of aliphatic hydroxyl groups is 2. The van der Waals surface area contributed by atoms with Crippen LogP contribution in [0, 0.1) is 19.7 Å². The van der Waals surface area contributed by atoms with Crippen LogP contribution in [0.4, 0.5) is 16.0 Å². The largest absolute Gasteiger partial charge is 0.393 e. The van der Waals surface area contributed by atoms with Crippen molar-refractivity contribution < 1.29 is 14.6 Å². The van der Waals surface area contributed by atoms with E-state index in [4.69, 9.17) is 0 Å². The number of aliphatic hydroxyl groups excluding tert-OH is 1. The van der Waals surface area contributed by atoms with Gasteiger partial charge in [-0.15, -0.1) is 0 Å². The fourth-order valence-electron chi connectivity index (χ4n) is 3.61. The highest BCUT2D eigenvalue weighted by molar-refractivity contribution is 5.55. The molecule has 3 heterocycles. The van der Waals surface area contributed by atoms with Gasteiger partial charge >= 0.3 is 0 Å². The lowest BCUT2D eigenvalue weighted by molar-refractivity contribution is -0.0389. The molecule has 0 aromatic carbocycles. The maximum atomic E-state index is 13.4. The number of aryl methyl sites for hydroxylation is 2. The number of halogens is 1. The van der Waals surface area contributed by atoms with E-state index < -0.39 is 5.60 Å². The van der Waals surface area contributed by atoms with E-state index in [0.717, 1.165) is 5.56 Å².